The van der Waals surface area contributed by atoms with Crippen molar-refractivity contribution in [2.75, 3.05) is 5.06 Å². The monoisotopic (exact) mass is 488 g/mol. The summed E-state index contributed by atoms with van der Waals surface area (Å²) >= 11 is 12.5. The zero-order valence-electron chi connectivity index (χ0n) is 18.3. The third-order valence-corrected chi connectivity index (χ3v) is 7.46. The smallest absolute Gasteiger partial charge is 0.214 e. The highest BCUT2D eigenvalue weighted by atomic mass is 35.5. The standard InChI is InChI=1S/C28H22Cl2N2O2/c29-21-12-8-19(9-13-21)25-26(20-10-14-22(30)15-11-20)32(23-5-2-1-3-6-23)34-28(25)16-18-31-17-4-7-24(31)27(28)33/h1-15,17,25-26H,16,18H2. The van der Waals surface area contributed by atoms with E-state index in [0.717, 1.165) is 16.8 Å². The van der Waals surface area contributed by atoms with Crippen LogP contribution in [-0.4, -0.2) is 16.0 Å². The Morgan fingerprint density at radius 3 is 2.12 bits per heavy atom. The molecule has 6 heteroatoms. The molecule has 0 radical (unpaired) electrons. The van der Waals surface area contributed by atoms with Crippen LogP contribution in [0.5, 0.6) is 0 Å². The van der Waals surface area contributed by atoms with E-state index in [0.29, 0.717) is 28.7 Å². The molecule has 0 saturated carbocycles. The first kappa shape index (κ1) is 21.5. The topological polar surface area (TPSA) is 34.5 Å². The maximum Gasteiger partial charge on any atom is 0.214 e. The normalized spacial score (nSPS) is 23.9. The quantitative estimate of drug-likeness (QED) is 0.308. The van der Waals surface area contributed by atoms with Crippen molar-refractivity contribution in [2.45, 2.75) is 30.5 Å². The molecule has 34 heavy (non-hydrogen) atoms. The molecular formula is C28H22Cl2N2O2. The van der Waals surface area contributed by atoms with Crippen LogP contribution in [0, 0.1) is 0 Å². The predicted octanol–water partition coefficient (Wildman–Crippen LogP) is 7.10. The van der Waals surface area contributed by atoms with E-state index in [4.69, 9.17) is 28.0 Å². The second kappa shape index (κ2) is 8.31. The Hall–Kier alpha value is -3.05. The highest BCUT2D eigenvalue weighted by Gasteiger charge is 2.61. The lowest BCUT2D eigenvalue weighted by Gasteiger charge is -2.36. The third kappa shape index (κ3) is 3.37. The summed E-state index contributed by atoms with van der Waals surface area (Å²) in [5.41, 5.74) is 2.56. The van der Waals surface area contributed by atoms with Crippen molar-refractivity contribution in [3.05, 3.63) is 124 Å². The lowest BCUT2D eigenvalue weighted by molar-refractivity contribution is -0.0195. The number of benzene rings is 3. The molecule has 1 saturated heterocycles. The molecule has 0 amide bonds. The Labute approximate surface area is 208 Å². The maximum absolute atomic E-state index is 14.1. The number of anilines is 1. The number of aryl methyl sites for hydroxylation is 1. The van der Waals surface area contributed by atoms with Crippen LogP contribution >= 0.6 is 23.2 Å². The molecule has 4 aromatic rings. The average molecular weight is 489 g/mol. The number of carbonyl (C=O) groups is 1. The minimum Gasteiger partial charge on any atom is -0.345 e. The van der Waals surface area contributed by atoms with Gasteiger partial charge in [0, 0.05) is 29.2 Å². The number of nitrogens with zero attached hydrogens (tertiary/aromatic N) is 2. The summed E-state index contributed by atoms with van der Waals surface area (Å²) in [4.78, 5) is 21.0. The number of hydroxylamine groups is 1. The van der Waals surface area contributed by atoms with Gasteiger partial charge in [-0.05, 0) is 59.7 Å². The molecule has 1 fully saturated rings. The number of para-hydroxylation sites is 1. The van der Waals surface area contributed by atoms with Crippen molar-refractivity contribution >= 4 is 34.7 Å². The number of Topliss-reactive ketones (excluding diaryl/α,β-unsaturated/α-hetero) is 1. The van der Waals surface area contributed by atoms with Crippen LogP contribution in [0.25, 0.3) is 0 Å². The van der Waals surface area contributed by atoms with Crippen molar-refractivity contribution in [3.8, 4) is 0 Å². The van der Waals surface area contributed by atoms with Crippen molar-refractivity contribution in [1.82, 2.24) is 4.57 Å². The minimum absolute atomic E-state index is 0.00101. The van der Waals surface area contributed by atoms with Gasteiger partial charge in [-0.3, -0.25) is 9.63 Å². The zero-order valence-corrected chi connectivity index (χ0v) is 19.8. The van der Waals surface area contributed by atoms with E-state index in [9.17, 15) is 4.79 Å². The molecule has 170 valence electrons. The molecule has 0 N–H and O–H groups in total. The molecule has 3 aromatic carbocycles. The molecular weight excluding hydrogens is 467 g/mol. The van der Waals surface area contributed by atoms with E-state index in [1.807, 2.05) is 107 Å². The largest absolute Gasteiger partial charge is 0.345 e. The van der Waals surface area contributed by atoms with E-state index in [1.54, 1.807) is 0 Å². The second-order valence-electron chi connectivity index (χ2n) is 8.83. The lowest BCUT2D eigenvalue weighted by Crippen LogP contribution is -2.48. The Bertz CT molecular complexity index is 1340. The van der Waals surface area contributed by atoms with Crippen molar-refractivity contribution in [3.63, 3.8) is 0 Å². The molecule has 3 unspecified atom stereocenters. The van der Waals surface area contributed by atoms with Crippen LogP contribution in [0.15, 0.2) is 97.2 Å². The summed E-state index contributed by atoms with van der Waals surface area (Å²) in [5, 5.41) is 3.24. The molecule has 6 rings (SSSR count). The van der Waals surface area contributed by atoms with Gasteiger partial charge in [0.05, 0.1) is 23.3 Å². The fourth-order valence-corrected chi connectivity index (χ4v) is 5.65. The van der Waals surface area contributed by atoms with Gasteiger partial charge in [-0.2, -0.15) is 0 Å². The Kier molecular flexibility index (Phi) is 5.25. The van der Waals surface area contributed by atoms with Gasteiger partial charge in [0.2, 0.25) is 5.78 Å². The van der Waals surface area contributed by atoms with Crippen LogP contribution in [-0.2, 0) is 11.4 Å². The Balaban J connectivity index is 1.59. The third-order valence-electron chi connectivity index (χ3n) is 6.95. The van der Waals surface area contributed by atoms with Gasteiger partial charge in [0.1, 0.15) is 0 Å². The first-order valence-electron chi connectivity index (χ1n) is 11.3. The highest BCUT2D eigenvalue weighted by molar-refractivity contribution is 6.30. The molecule has 0 bridgehead atoms. The fourth-order valence-electron chi connectivity index (χ4n) is 5.39. The molecule has 0 aliphatic carbocycles. The number of hydrogen-bond donors (Lipinski definition) is 0. The number of hydrogen-bond acceptors (Lipinski definition) is 3. The fraction of sp³-hybridized carbons (Fsp3) is 0.179. The van der Waals surface area contributed by atoms with Gasteiger partial charge in [0.15, 0.2) is 5.60 Å². The number of ketones is 1. The van der Waals surface area contributed by atoms with E-state index >= 15 is 0 Å². The van der Waals surface area contributed by atoms with Crippen LogP contribution in [0.4, 0.5) is 5.69 Å². The SMILES string of the molecule is O=C1c2cccn2CCC12ON(c1ccccc1)C(c1ccc(Cl)cc1)C2c1ccc(Cl)cc1. The number of halogens is 2. The summed E-state index contributed by atoms with van der Waals surface area (Å²) in [5.74, 6) is -0.261. The minimum atomic E-state index is -1.05. The number of aromatic nitrogens is 1. The van der Waals surface area contributed by atoms with Gasteiger partial charge in [-0.1, -0.05) is 65.7 Å². The van der Waals surface area contributed by atoms with E-state index in [-0.39, 0.29) is 17.7 Å². The van der Waals surface area contributed by atoms with Crippen molar-refractivity contribution in [2.24, 2.45) is 0 Å². The molecule has 4 nitrogen and oxygen atoms in total. The number of fused-ring (bicyclic) bond motifs is 1. The Morgan fingerprint density at radius 2 is 1.44 bits per heavy atom. The van der Waals surface area contributed by atoms with E-state index in [1.165, 1.54) is 0 Å². The van der Waals surface area contributed by atoms with Gasteiger partial charge in [-0.25, -0.2) is 5.06 Å². The van der Waals surface area contributed by atoms with E-state index in [2.05, 4.69) is 0 Å². The highest BCUT2D eigenvalue weighted by Crippen LogP contribution is 2.56. The predicted molar refractivity (Wildman–Crippen MR) is 135 cm³/mol. The summed E-state index contributed by atoms with van der Waals surface area (Å²) in [6, 6.07) is 29.1. The molecule has 1 spiro atoms. The molecule has 1 aromatic heterocycles. The van der Waals surface area contributed by atoms with Crippen LogP contribution in [0.1, 0.15) is 40.0 Å². The summed E-state index contributed by atoms with van der Waals surface area (Å²) in [7, 11) is 0. The maximum atomic E-state index is 14.1. The van der Waals surface area contributed by atoms with Crippen LogP contribution in [0.3, 0.4) is 0 Å². The second-order valence-corrected chi connectivity index (χ2v) is 9.71. The number of carbonyl (C=O) groups excluding carboxylic acids is 1. The molecule has 2 aliphatic rings. The van der Waals surface area contributed by atoms with Gasteiger partial charge >= 0.3 is 0 Å². The van der Waals surface area contributed by atoms with E-state index < -0.39 is 5.60 Å². The number of rotatable bonds is 3. The first-order chi connectivity index (χ1) is 16.6. The van der Waals surface area contributed by atoms with Crippen molar-refractivity contribution in [1.29, 1.82) is 0 Å². The van der Waals surface area contributed by atoms with Gasteiger partial charge in [-0.15, -0.1) is 0 Å². The zero-order chi connectivity index (χ0) is 23.3. The van der Waals surface area contributed by atoms with Gasteiger partial charge < -0.3 is 4.57 Å². The average Bonchev–Trinajstić information content (AvgIpc) is 3.47. The Morgan fingerprint density at radius 1 is 0.794 bits per heavy atom. The summed E-state index contributed by atoms with van der Waals surface area (Å²) in [6.07, 6.45) is 2.52. The lowest BCUT2D eigenvalue weighted by atomic mass is 9.70. The van der Waals surface area contributed by atoms with Gasteiger partial charge in [0.25, 0.3) is 0 Å². The summed E-state index contributed by atoms with van der Waals surface area (Å²) < 4.78 is 2.01. The molecule has 3 heterocycles. The molecule has 2 aliphatic heterocycles. The summed E-state index contributed by atoms with van der Waals surface area (Å²) in [6.45, 7) is 0.703. The van der Waals surface area contributed by atoms with Crippen LogP contribution in [0.2, 0.25) is 10.0 Å². The van der Waals surface area contributed by atoms with Crippen molar-refractivity contribution < 1.29 is 9.63 Å². The van der Waals surface area contributed by atoms with Crippen LogP contribution < -0.4 is 5.06 Å². The molecule has 3 atom stereocenters. The first-order valence-corrected chi connectivity index (χ1v) is 12.1.